The number of benzene rings is 2. The summed E-state index contributed by atoms with van der Waals surface area (Å²) in [7, 11) is 0. The fourth-order valence-corrected chi connectivity index (χ4v) is 2.56. The summed E-state index contributed by atoms with van der Waals surface area (Å²) in [6.07, 6.45) is -3.57. The minimum Gasteiger partial charge on any atom is -0.305 e. The number of nitrogens with one attached hydrogen (secondary N) is 1. The Bertz CT molecular complexity index is 1010. The number of amides is 1. The Morgan fingerprint density at radius 3 is 2.21 bits per heavy atom. The standard InChI is InChI=1S/C18H11F6N3O/c19-12-4-1-3-11(18(22,23)24)10(12)9-27-8-7-15(26-27)25-17(28)16-13(20)5-2-6-14(16)21/h1-8H,9H2,(H,25,26,28). The largest absolute Gasteiger partial charge is 0.416 e. The van der Waals surface area contributed by atoms with Gasteiger partial charge in [-0.05, 0) is 24.3 Å². The number of hydrogen-bond donors (Lipinski definition) is 1. The van der Waals surface area contributed by atoms with E-state index in [1.165, 1.54) is 12.3 Å². The van der Waals surface area contributed by atoms with Gasteiger partial charge in [-0.25, -0.2) is 13.2 Å². The molecule has 4 nitrogen and oxygen atoms in total. The molecule has 1 aromatic heterocycles. The molecule has 0 aliphatic carbocycles. The lowest BCUT2D eigenvalue weighted by molar-refractivity contribution is -0.138. The molecule has 0 spiro atoms. The normalized spacial score (nSPS) is 11.5. The highest BCUT2D eigenvalue weighted by Crippen LogP contribution is 2.33. The summed E-state index contributed by atoms with van der Waals surface area (Å²) in [4.78, 5) is 12.0. The van der Waals surface area contributed by atoms with E-state index in [-0.39, 0.29) is 5.82 Å². The van der Waals surface area contributed by atoms with Gasteiger partial charge < -0.3 is 5.32 Å². The maximum absolute atomic E-state index is 13.9. The molecule has 1 N–H and O–H groups in total. The van der Waals surface area contributed by atoms with Gasteiger partial charge in [0.25, 0.3) is 5.91 Å². The lowest BCUT2D eigenvalue weighted by atomic mass is 10.1. The number of rotatable bonds is 4. The molecule has 10 heteroatoms. The summed E-state index contributed by atoms with van der Waals surface area (Å²) < 4.78 is 81.2. The Morgan fingerprint density at radius 1 is 0.964 bits per heavy atom. The Labute approximate surface area is 154 Å². The molecule has 0 aliphatic rings. The van der Waals surface area contributed by atoms with Crippen molar-refractivity contribution in [1.29, 1.82) is 0 Å². The molecule has 3 aromatic rings. The van der Waals surface area contributed by atoms with Crippen LogP contribution >= 0.6 is 0 Å². The Morgan fingerprint density at radius 2 is 1.57 bits per heavy atom. The minimum atomic E-state index is -4.76. The van der Waals surface area contributed by atoms with E-state index in [1.807, 2.05) is 0 Å². The molecule has 0 saturated heterocycles. The molecule has 3 rings (SSSR count). The molecule has 28 heavy (non-hydrogen) atoms. The number of halogens is 6. The highest BCUT2D eigenvalue weighted by atomic mass is 19.4. The molecule has 0 bridgehead atoms. The quantitative estimate of drug-likeness (QED) is 0.651. The summed E-state index contributed by atoms with van der Waals surface area (Å²) in [6, 6.07) is 6.65. The molecule has 0 unspecified atom stereocenters. The zero-order valence-corrected chi connectivity index (χ0v) is 13.9. The summed E-state index contributed by atoms with van der Waals surface area (Å²) in [6.45, 7) is -0.564. The first kappa shape index (κ1) is 19.5. The molecule has 0 radical (unpaired) electrons. The van der Waals surface area contributed by atoms with Crippen molar-refractivity contribution in [2.24, 2.45) is 0 Å². The van der Waals surface area contributed by atoms with Gasteiger partial charge in [0.1, 0.15) is 23.0 Å². The smallest absolute Gasteiger partial charge is 0.305 e. The zero-order chi connectivity index (χ0) is 20.5. The maximum Gasteiger partial charge on any atom is 0.416 e. The van der Waals surface area contributed by atoms with Crippen molar-refractivity contribution < 1.29 is 31.1 Å². The van der Waals surface area contributed by atoms with Gasteiger partial charge in [-0.2, -0.15) is 18.3 Å². The molecular weight excluding hydrogens is 388 g/mol. The van der Waals surface area contributed by atoms with Crippen LogP contribution in [0.3, 0.4) is 0 Å². The van der Waals surface area contributed by atoms with Crippen LogP contribution in [-0.4, -0.2) is 15.7 Å². The summed E-state index contributed by atoms with van der Waals surface area (Å²) in [5.74, 6) is -4.53. The average Bonchev–Trinajstić information content (AvgIpc) is 3.02. The number of carbonyl (C=O) groups excluding carboxylic acids is 1. The van der Waals surface area contributed by atoms with Crippen molar-refractivity contribution in [3.05, 3.63) is 82.8 Å². The van der Waals surface area contributed by atoms with Crippen LogP contribution in [0, 0.1) is 17.5 Å². The first-order valence-electron chi connectivity index (χ1n) is 7.80. The van der Waals surface area contributed by atoms with Gasteiger partial charge in [-0.3, -0.25) is 9.48 Å². The monoisotopic (exact) mass is 399 g/mol. The number of nitrogens with zero attached hydrogens (tertiary/aromatic N) is 2. The van der Waals surface area contributed by atoms with Crippen LogP contribution in [0.25, 0.3) is 0 Å². The van der Waals surface area contributed by atoms with E-state index in [9.17, 15) is 31.1 Å². The van der Waals surface area contributed by atoms with Gasteiger partial charge in [0.05, 0.1) is 12.1 Å². The van der Waals surface area contributed by atoms with Gasteiger partial charge in [0, 0.05) is 17.8 Å². The molecular formula is C18H11F6N3O. The number of alkyl halides is 3. The van der Waals surface area contributed by atoms with Crippen molar-refractivity contribution in [2.75, 3.05) is 5.32 Å². The van der Waals surface area contributed by atoms with Gasteiger partial charge in [0.2, 0.25) is 0 Å². The van der Waals surface area contributed by atoms with Crippen LogP contribution in [0.15, 0.2) is 48.7 Å². The van der Waals surface area contributed by atoms with Gasteiger partial charge in [-0.15, -0.1) is 0 Å². The van der Waals surface area contributed by atoms with Crippen LogP contribution in [0.4, 0.5) is 32.2 Å². The molecule has 0 aliphatic heterocycles. The van der Waals surface area contributed by atoms with Gasteiger partial charge >= 0.3 is 6.18 Å². The van der Waals surface area contributed by atoms with Crippen LogP contribution in [0.1, 0.15) is 21.5 Å². The number of hydrogen-bond acceptors (Lipinski definition) is 2. The van der Waals surface area contributed by atoms with E-state index in [0.29, 0.717) is 0 Å². The average molecular weight is 399 g/mol. The van der Waals surface area contributed by atoms with Gasteiger partial charge in [0.15, 0.2) is 5.82 Å². The molecule has 0 atom stereocenters. The second-order valence-corrected chi connectivity index (χ2v) is 5.71. The van der Waals surface area contributed by atoms with Crippen LogP contribution in [-0.2, 0) is 12.7 Å². The topological polar surface area (TPSA) is 46.9 Å². The van der Waals surface area contributed by atoms with Crippen molar-refractivity contribution in [1.82, 2.24) is 9.78 Å². The highest BCUT2D eigenvalue weighted by Gasteiger charge is 2.34. The number of anilines is 1. The van der Waals surface area contributed by atoms with Crippen molar-refractivity contribution in [2.45, 2.75) is 12.7 Å². The van der Waals surface area contributed by atoms with E-state index in [4.69, 9.17) is 0 Å². The predicted molar refractivity (Wildman–Crippen MR) is 87.0 cm³/mol. The lowest BCUT2D eigenvalue weighted by Crippen LogP contribution is -2.17. The van der Waals surface area contributed by atoms with Crippen molar-refractivity contribution >= 4 is 11.7 Å². The van der Waals surface area contributed by atoms with Crippen molar-refractivity contribution in [3.8, 4) is 0 Å². The predicted octanol–water partition coefficient (Wildman–Crippen LogP) is 4.62. The number of aromatic nitrogens is 2. The summed E-state index contributed by atoms with van der Waals surface area (Å²) in [5.41, 5.74) is -2.61. The Balaban J connectivity index is 1.82. The van der Waals surface area contributed by atoms with Crippen LogP contribution in [0.5, 0.6) is 0 Å². The van der Waals surface area contributed by atoms with Crippen molar-refractivity contribution in [3.63, 3.8) is 0 Å². The van der Waals surface area contributed by atoms with Gasteiger partial charge in [-0.1, -0.05) is 12.1 Å². The first-order valence-corrected chi connectivity index (χ1v) is 7.80. The molecule has 0 saturated carbocycles. The first-order chi connectivity index (χ1) is 13.2. The second-order valence-electron chi connectivity index (χ2n) is 5.71. The maximum atomic E-state index is 13.9. The number of carbonyl (C=O) groups is 1. The molecule has 1 heterocycles. The SMILES string of the molecule is O=C(Nc1ccn(Cc2c(F)cccc2C(F)(F)F)n1)c1c(F)cccc1F. The van der Waals surface area contributed by atoms with Crippen LogP contribution in [0.2, 0.25) is 0 Å². The minimum absolute atomic E-state index is 0.169. The van der Waals surface area contributed by atoms with E-state index < -0.39 is 52.8 Å². The zero-order valence-electron chi connectivity index (χ0n) is 13.9. The lowest BCUT2D eigenvalue weighted by Gasteiger charge is -2.13. The molecule has 0 fully saturated rings. The van der Waals surface area contributed by atoms with Crippen LogP contribution < -0.4 is 5.32 Å². The fraction of sp³-hybridized carbons (Fsp3) is 0.111. The third kappa shape index (κ3) is 4.00. The summed E-state index contributed by atoms with van der Waals surface area (Å²) in [5, 5.41) is 5.94. The summed E-state index contributed by atoms with van der Waals surface area (Å²) >= 11 is 0. The van der Waals surface area contributed by atoms with E-state index >= 15 is 0 Å². The van der Waals surface area contributed by atoms with E-state index in [1.54, 1.807) is 0 Å². The Kier molecular flexibility index (Phi) is 5.12. The second kappa shape index (κ2) is 7.37. The molecule has 1 amide bonds. The molecule has 146 valence electrons. The van der Waals surface area contributed by atoms with E-state index in [2.05, 4.69) is 10.4 Å². The third-order valence-electron chi connectivity index (χ3n) is 3.82. The molecule has 2 aromatic carbocycles. The highest BCUT2D eigenvalue weighted by molar-refractivity contribution is 6.04. The fourth-order valence-electron chi connectivity index (χ4n) is 2.56. The third-order valence-corrected chi connectivity index (χ3v) is 3.82. The van der Waals surface area contributed by atoms with E-state index in [0.717, 1.165) is 41.1 Å². The Hall–Kier alpha value is -3.30.